The molecular formula is C25H20Cl2N4O4. The van der Waals surface area contributed by atoms with Crippen LogP contribution in [0.4, 0.5) is 11.4 Å². The SMILES string of the molecule is COc1cccc2cc(C(=O)Nc3cc(Cl)cc(Cl)c3)n(NC(=O)C(=O)Nc3cccc(C)c3)c12. The zero-order valence-electron chi connectivity index (χ0n) is 18.7. The molecule has 0 spiro atoms. The molecule has 1 heterocycles. The fraction of sp³-hybridized carbons (Fsp3) is 0.0800. The molecule has 0 saturated heterocycles. The van der Waals surface area contributed by atoms with Gasteiger partial charge in [-0.15, -0.1) is 0 Å². The number of hydrogen-bond acceptors (Lipinski definition) is 4. The Balaban J connectivity index is 1.68. The van der Waals surface area contributed by atoms with Crippen LogP contribution >= 0.6 is 23.2 Å². The fourth-order valence-corrected chi connectivity index (χ4v) is 4.09. The molecule has 0 atom stereocenters. The van der Waals surface area contributed by atoms with Gasteiger partial charge >= 0.3 is 11.8 Å². The van der Waals surface area contributed by atoms with Crippen molar-refractivity contribution < 1.29 is 19.1 Å². The summed E-state index contributed by atoms with van der Waals surface area (Å²) in [6.07, 6.45) is 0. The minimum Gasteiger partial charge on any atom is -0.494 e. The lowest BCUT2D eigenvalue weighted by atomic mass is 10.2. The maximum absolute atomic E-state index is 13.2. The number of halogens is 2. The van der Waals surface area contributed by atoms with Crippen molar-refractivity contribution in [3.05, 3.63) is 88.0 Å². The summed E-state index contributed by atoms with van der Waals surface area (Å²) in [6.45, 7) is 1.87. The number of aromatic nitrogens is 1. The van der Waals surface area contributed by atoms with Gasteiger partial charge in [0.05, 0.1) is 7.11 Å². The number of carbonyl (C=O) groups is 3. The van der Waals surface area contributed by atoms with Gasteiger partial charge in [0.2, 0.25) is 0 Å². The summed E-state index contributed by atoms with van der Waals surface area (Å²) in [6, 6.07) is 18.4. The van der Waals surface area contributed by atoms with E-state index in [0.29, 0.717) is 38.1 Å². The minimum atomic E-state index is -0.977. The Bertz CT molecular complexity index is 1450. The summed E-state index contributed by atoms with van der Waals surface area (Å²) in [5.41, 5.74) is 4.71. The van der Waals surface area contributed by atoms with Gasteiger partial charge in [-0.2, -0.15) is 0 Å². The molecule has 3 amide bonds. The highest BCUT2D eigenvalue weighted by molar-refractivity contribution is 6.42. The summed E-state index contributed by atoms with van der Waals surface area (Å²) < 4.78 is 6.64. The molecule has 1 aromatic heterocycles. The third kappa shape index (κ3) is 5.40. The number of para-hydroxylation sites is 1. The topological polar surface area (TPSA) is 101 Å². The molecule has 0 aliphatic heterocycles. The van der Waals surface area contributed by atoms with Gasteiger partial charge < -0.3 is 15.4 Å². The van der Waals surface area contributed by atoms with E-state index in [-0.39, 0.29) is 5.69 Å². The second-order valence-corrected chi connectivity index (χ2v) is 8.51. The number of aryl methyl sites for hydroxylation is 1. The molecule has 0 fully saturated rings. The van der Waals surface area contributed by atoms with E-state index in [4.69, 9.17) is 27.9 Å². The zero-order valence-corrected chi connectivity index (χ0v) is 20.2. The van der Waals surface area contributed by atoms with Gasteiger partial charge in [0.1, 0.15) is 17.0 Å². The fourth-order valence-electron chi connectivity index (χ4n) is 3.56. The van der Waals surface area contributed by atoms with Gasteiger partial charge in [0.15, 0.2) is 0 Å². The normalized spacial score (nSPS) is 10.6. The van der Waals surface area contributed by atoms with Crippen LogP contribution in [-0.4, -0.2) is 29.5 Å². The predicted octanol–water partition coefficient (Wildman–Crippen LogP) is 5.23. The lowest BCUT2D eigenvalue weighted by Gasteiger charge is -2.14. The first-order valence-corrected chi connectivity index (χ1v) is 11.2. The van der Waals surface area contributed by atoms with Crippen molar-refractivity contribution in [1.82, 2.24) is 4.68 Å². The third-order valence-corrected chi connectivity index (χ3v) is 5.49. The molecule has 0 radical (unpaired) electrons. The lowest BCUT2D eigenvalue weighted by molar-refractivity contribution is -0.133. The molecule has 4 aromatic rings. The number of ether oxygens (including phenoxy) is 1. The molecular weight excluding hydrogens is 491 g/mol. The van der Waals surface area contributed by atoms with E-state index in [1.54, 1.807) is 42.5 Å². The van der Waals surface area contributed by atoms with E-state index in [1.165, 1.54) is 30.0 Å². The first-order valence-electron chi connectivity index (χ1n) is 10.4. The van der Waals surface area contributed by atoms with Crippen LogP contribution in [-0.2, 0) is 9.59 Å². The number of hydrogen-bond donors (Lipinski definition) is 3. The molecule has 0 bridgehead atoms. The molecule has 3 aromatic carbocycles. The minimum absolute atomic E-state index is 0.0531. The average Bonchev–Trinajstić information content (AvgIpc) is 3.17. The number of nitrogens with zero attached hydrogens (tertiary/aromatic N) is 1. The van der Waals surface area contributed by atoms with Crippen molar-refractivity contribution in [3.8, 4) is 5.75 Å². The average molecular weight is 511 g/mol. The number of rotatable bonds is 5. The van der Waals surface area contributed by atoms with Gasteiger partial charge in [0.25, 0.3) is 5.91 Å². The molecule has 35 heavy (non-hydrogen) atoms. The predicted molar refractivity (Wildman–Crippen MR) is 137 cm³/mol. The lowest BCUT2D eigenvalue weighted by Crippen LogP contribution is -2.36. The van der Waals surface area contributed by atoms with E-state index >= 15 is 0 Å². The van der Waals surface area contributed by atoms with Crippen molar-refractivity contribution in [3.63, 3.8) is 0 Å². The van der Waals surface area contributed by atoms with Crippen LogP contribution in [0.2, 0.25) is 10.0 Å². The van der Waals surface area contributed by atoms with Gasteiger partial charge in [0, 0.05) is 26.8 Å². The number of anilines is 2. The van der Waals surface area contributed by atoms with E-state index in [2.05, 4.69) is 16.1 Å². The number of benzene rings is 3. The Kier molecular flexibility index (Phi) is 6.95. The smallest absolute Gasteiger partial charge is 0.328 e. The molecule has 4 rings (SSSR count). The second-order valence-electron chi connectivity index (χ2n) is 7.64. The first-order chi connectivity index (χ1) is 16.7. The highest BCUT2D eigenvalue weighted by Crippen LogP contribution is 2.29. The highest BCUT2D eigenvalue weighted by atomic mass is 35.5. The summed E-state index contributed by atoms with van der Waals surface area (Å²) in [5, 5.41) is 6.55. The largest absolute Gasteiger partial charge is 0.494 e. The Morgan fingerprint density at radius 2 is 1.54 bits per heavy atom. The van der Waals surface area contributed by atoms with Crippen LogP contribution in [0.3, 0.4) is 0 Å². The van der Waals surface area contributed by atoms with Crippen molar-refractivity contribution in [2.45, 2.75) is 6.92 Å². The number of amides is 3. The Hall–Kier alpha value is -4.01. The number of methoxy groups -OCH3 is 1. The standard InChI is InChI=1S/C25H20Cl2N4O4/c1-14-5-3-7-18(9-14)28-24(33)25(34)30-31-20(10-15-6-4-8-21(35-2)22(15)31)23(32)29-19-12-16(26)11-17(27)13-19/h3-13H,1-2H3,(H,28,33)(H,29,32)(H,30,34). The molecule has 0 saturated carbocycles. The van der Waals surface area contributed by atoms with E-state index in [1.807, 2.05) is 13.0 Å². The monoisotopic (exact) mass is 510 g/mol. The summed E-state index contributed by atoms with van der Waals surface area (Å²) in [7, 11) is 1.46. The zero-order chi connectivity index (χ0) is 25.1. The molecule has 178 valence electrons. The van der Waals surface area contributed by atoms with Crippen LogP contribution in [0.5, 0.6) is 5.75 Å². The summed E-state index contributed by atoms with van der Waals surface area (Å²) in [4.78, 5) is 38.6. The third-order valence-electron chi connectivity index (χ3n) is 5.06. The van der Waals surface area contributed by atoms with E-state index in [0.717, 1.165) is 5.56 Å². The van der Waals surface area contributed by atoms with Crippen molar-refractivity contribution in [1.29, 1.82) is 0 Å². The Labute approximate surface area is 210 Å². The second kappa shape index (κ2) is 10.1. The Morgan fingerprint density at radius 1 is 0.829 bits per heavy atom. The van der Waals surface area contributed by atoms with Gasteiger partial charge in [-0.05, 0) is 55.0 Å². The molecule has 0 aliphatic rings. The molecule has 3 N–H and O–H groups in total. The maximum Gasteiger partial charge on any atom is 0.328 e. The van der Waals surface area contributed by atoms with Crippen LogP contribution in [0.15, 0.2) is 66.7 Å². The maximum atomic E-state index is 13.2. The summed E-state index contributed by atoms with van der Waals surface area (Å²) in [5.74, 6) is -2.05. The van der Waals surface area contributed by atoms with Gasteiger partial charge in [-0.3, -0.25) is 19.8 Å². The number of fused-ring (bicyclic) bond motifs is 1. The van der Waals surface area contributed by atoms with Crippen molar-refractivity contribution in [2.75, 3.05) is 23.2 Å². The molecule has 0 unspecified atom stereocenters. The van der Waals surface area contributed by atoms with Gasteiger partial charge in [-0.1, -0.05) is 47.5 Å². The van der Waals surface area contributed by atoms with Gasteiger partial charge in [-0.25, -0.2) is 4.68 Å². The molecule has 0 aliphatic carbocycles. The van der Waals surface area contributed by atoms with E-state index in [9.17, 15) is 14.4 Å². The van der Waals surface area contributed by atoms with Crippen molar-refractivity contribution in [2.24, 2.45) is 0 Å². The number of carbonyl (C=O) groups excluding carboxylic acids is 3. The van der Waals surface area contributed by atoms with Crippen LogP contribution < -0.4 is 20.8 Å². The summed E-state index contributed by atoms with van der Waals surface area (Å²) >= 11 is 12.1. The first kappa shape index (κ1) is 24.1. The quantitative estimate of drug-likeness (QED) is 0.320. The van der Waals surface area contributed by atoms with Crippen molar-refractivity contribution >= 4 is 63.2 Å². The molecule has 10 heteroatoms. The number of nitrogens with one attached hydrogen (secondary N) is 3. The van der Waals surface area contributed by atoms with Crippen LogP contribution in [0.1, 0.15) is 16.1 Å². The highest BCUT2D eigenvalue weighted by Gasteiger charge is 2.23. The Morgan fingerprint density at radius 3 is 2.23 bits per heavy atom. The molecule has 8 nitrogen and oxygen atoms in total. The van der Waals surface area contributed by atoms with E-state index < -0.39 is 17.7 Å². The van der Waals surface area contributed by atoms with Crippen LogP contribution in [0, 0.1) is 6.92 Å². The van der Waals surface area contributed by atoms with Crippen LogP contribution in [0.25, 0.3) is 10.9 Å².